The first-order chi connectivity index (χ1) is 4.13. The van der Waals surface area contributed by atoms with Crippen molar-refractivity contribution in [2.45, 2.75) is 41.8 Å². The summed E-state index contributed by atoms with van der Waals surface area (Å²) in [7, 11) is 0. The third kappa shape index (κ3) is 1.94. The number of halogens is 2. The highest BCUT2D eigenvalue weighted by molar-refractivity contribution is 9.12. The summed E-state index contributed by atoms with van der Waals surface area (Å²) in [5.41, 5.74) is 0. The largest absolute Gasteiger partial charge is 0.0876 e. The highest BCUT2D eigenvalue weighted by Gasteiger charge is 2.31. The van der Waals surface area contributed by atoms with Gasteiger partial charge in [-0.2, -0.15) is 0 Å². The first kappa shape index (κ1) is 8.06. The van der Waals surface area contributed by atoms with Crippen LogP contribution in [0.15, 0.2) is 0 Å². The van der Waals surface area contributed by atoms with Gasteiger partial charge in [-0.3, -0.25) is 0 Å². The average Bonchev–Trinajstić information content (AvgIpc) is 1.77. The van der Waals surface area contributed by atoms with Crippen LogP contribution in [0.5, 0.6) is 0 Å². The molecule has 2 atom stereocenters. The van der Waals surface area contributed by atoms with Crippen molar-refractivity contribution < 1.29 is 0 Å². The van der Waals surface area contributed by atoms with Gasteiger partial charge in [0.25, 0.3) is 0 Å². The molecule has 54 valence electrons. The lowest BCUT2D eigenvalue weighted by Crippen LogP contribution is -2.31. The van der Waals surface area contributed by atoms with Gasteiger partial charge >= 0.3 is 0 Å². The molecule has 1 rings (SSSR count). The summed E-state index contributed by atoms with van der Waals surface area (Å²) >= 11 is 7.37. The fourth-order valence-corrected chi connectivity index (χ4v) is 2.31. The fourth-order valence-electron chi connectivity index (χ4n) is 1.25. The Kier molecular flexibility index (Phi) is 2.61. The predicted molar refractivity (Wildman–Crippen MR) is 48.5 cm³/mol. The Morgan fingerprint density at radius 1 is 1.44 bits per heavy atom. The van der Waals surface area contributed by atoms with E-state index in [1.165, 1.54) is 25.7 Å². The van der Waals surface area contributed by atoms with Crippen LogP contribution < -0.4 is 0 Å². The lowest BCUT2D eigenvalue weighted by Gasteiger charge is -2.32. The third-order valence-corrected chi connectivity index (χ3v) is 5.06. The van der Waals surface area contributed by atoms with Crippen molar-refractivity contribution in [3.8, 4) is 0 Å². The van der Waals surface area contributed by atoms with Gasteiger partial charge in [0.1, 0.15) is 0 Å². The van der Waals surface area contributed by atoms with Gasteiger partial charge in [-0.15, -0.1) is 0 Å². The van der Waals surface area contributed by atoms with Gasteiger partial charge in [0, 0.05) is 9.15 Å². The molecule has 1 fully saturated rings. The molecule has 0 aromatic carbocycles. The minimum atomic E-state index is 0.366. The summed E-state index contributed by atoms with van der Waals surface area (Å²) in [5, 5.41) is 0. The lowest BCUT2D eigenvalue weighted by atomic mass is 9.91. The summed E-state index contributed by atoms with van der Waals surface area (Å²) in [6.45, 7) is 2.27. The van der Waals surface area contributed by atoms with E-state index in [1.54, 1.807) is 0 Å². The molecule has 1 aliphatic rings. The Morgan fingerprint density at radius 2 is 2.11 bits per heavy atom. The molecule has 0 aromatic heterocycles. The van der Waals surface area contributed by atoms with Crippen LogP contribution in [0.3, 0.4) is 0 Å². The van der Waals surface area contributed by atoms with Gasteiger partial charge < -0.3 is 0 Å². The van der Waals surface area contributed by atoms with Crippen molar-refractivity contribution in [1.82, 2.24) is 0 Å². The summed E-state index contributed by atoms with van der Waals surface area (Å²) < 4.78 is 0.366. The second-order valence-corrected chi connectivity index (χ2v) is 5.91. The van der Waals surface area contributed by atoms with Gasteiger partial charge in [-0.25, -0.2) is 0 Å². The Balaban J connectivity index is 2.49. The van der Waals surface area contributed by atoms with Crippen LogP contribution in [-0.4, -0.2) is 9.15 Å². The van der Waals surface area contributed by atoms with E-state index in [1.807, 2.05) is 0 Å². The SMILES string of the molecule is CC1(Br)CCCCC1Br. The van der Waals surface area contributed by atoms with Crippen molar-refractivity contribution in [2.24, 2.45) is 0 Å². The van der Waals surface area contributed by atoms with Crippen LogP contribution in [0.1, 0.15) is 32.6 Å². The molecule has 0 aliphatic heterocycles. The molecule has 9 heavy (non-hydrogen) atoms. The Bertz CT molecular complexity index is 99.1. The van der Waals surface area contributed by atoms with Crippen molar-refractivity contribution in [1.29, 1.82) is 0 Å². The molecule has 0 amide bonds. The molecular weight excluding hydrogens is 244 g/mol. The maximum absolute atomic E-state index is 3.71. The van der Waals surface area contributed by atoms with E-state index in [0.29, 0.717) is 9.15 Å². The fraction of sp³-hybridized carbons (Fsp3) is 1.00. The monoisotopic (exact) mass is 254 g/mol. The van der Waals surface area contributed by atoms with Gasteiger partial charge in [0.05, 0.1) is 0 Å². The van der Waals surface area contributed by atoms with Crippen molar-refractivity contribution in [2.75, 3.05) is 0 Å². The molecule has 0 bridgehead atoms. The number of rotatable bonds is 0. The molecule has 0 nitrogen and oxygen atoms in total. The molecule has 1 saturated carbocycles. The van der Waals surface area contributed by atoms with Crippen LogP contribution in [-0.2, 0) is 0 Å². The Hall–Kier alpha value is 0.960. The van der Waals surface area contributed by atoms with Crippen LogP contribution >= 0.6 is 31.9 Å². The highest BCUT2D eigenvalue weighted by Crippen LogP contribution is 2.39. The molecule has 0 heterocycles. The van der Waals surface area contributed by atoms with Gasteiger partial charge in [-0.1, -0.05) is 44.7 Å². The molecule has 0 N–H and O–H groups in total. The van der Waals surface area contributed by atoms with E-state index in [-0.39, 0.29) is 0 Å². The first-order valence-corrected chi connectivity index (χ1v) is 5.17. The summed E-state index contributed by atoms with van der Waals surface area (Å²) in [4.78, 5) is 0.679. The van der Waals surface area contributed by atoms with Crippen LogP contribution in [0, 0.1) is 0 Å². The number of hydrogen-bond donors (Lipinski definition) is 0. The van der Waals surface area contributed by atoms with E-state index in [2.05, 4.69) is 38.8 Å². The molecule has 0 saturated heterocycles. The van der Waals surface area contributed by atoms with E-state index in [9.17, 15) is 0 Å². The lowest BCUT2D eigenvalue weighted by molar-refractivity contribution is 0.447. The van der Waals surface area contributed by atoms with Gasteiger partial charge in [0.15, 0.2) is 0 Å². The average molecular weight is 256 g/mol. The number of alkyl halides is 2. The van der Waals surface area contributed by atoms with E-state index in [4.69, 9.17) is 0 Å². The van der Waals surface area contributed by atoms with E-state index in [0.717, 1.165) is 0 Å². The topological polar surface area (TPSA) is 0 Å². The van der Waals surface area contributed by atoms with Crippen LogP contribution in [0.2, 0.25) is 0 Å². The van der Waals surface area contributed by atoms with Crippen LogP contribution in [0.25, 0.3) is 0 Å². The van der Waals surface area contributed by atoms with Gasteiger partial charge in [-0.05, 0) is 19.8 Å². The second-order valence-electron chi connectivity index (χ2n) is 2.99. The quantitative estimate of drug-likeness (QED) is 0.582. The number of hydrogen-bond acceptors (Lipinski definition) is 0. The first-order valence-electron chi connectivity index (χ1n) is 3.46. The zero-order chi connectivity index (χ0) is 6.91. The van der Waals surface area contributed by atoms with Crippen molar-refractivity contribution in [3.05, 3.63) is 0 Å². The zero-order valence-corrected chi connectivity index (χ0v) is 8.83. The normalized spacial score (nSPS) is 45.0. The highest BCUT2D eigenvalue weighted by atomic mass is 79.9. The van der Waals surface area contributed by atoms with E-state index < -0.39 is 0 Å². The standard InChI is InChI=1S/C7H12Br2/c1-7(9)5-3-2-4-6(7)8/h6H,2-5H2,1H3. The molecule has 0 spiro atoms. The van der Waals surface area contributed by atoms with Crippen LogP contribution in [0.4, 0.5) is 0 Å². The second kappa shape index (κ2) is 2.91. The molecule has 2 heteroatoms. The third-order valence-electron chi connectivity index (χ3n) is 2.03. The minimum absolute atomic E-state index is 0.366. The molecule has 0 aromatic rings. The summed E-state index contributed by atoms with van der Waals surface area (Å²) in [6.07, 6.45) is 5.39. The predicted octanol–water partition coefficient (Wildman–Crippen LogP) is 3.48. The van der Waals surface area contributed by atoms with Crippen molar-refractivity contribution in [3.63, 3.8) is 0 Å². The maximum Gasteiger partial charge on any atom is 0.0354 e. The Labute approximate surface area is 73.7 Å². The summed E-state index contributed by atoms with van der Waals surface area (Å²) in [6, 6.07) is 0. The molecule has 2 unspecified atom stereocenters. The van der Waals surface area contributed by atoms with Gasteiger partial charge in [0.2, 0.25) is 0 Å². The summed E-state index contributed by atoms with van der Waals surface area (Å²) in [5.74, 6) is 0. The zero-order valence-electron chi connectivity index (χ0n) is 5.66. The van der Waals surface area contributed by atoms with E-state index >= 15 is 0 Å². The molecule has 1 aliphatic carbocycles. The molecular formula is C7H12Br2. The Morgan fingerprint density at radius 3 is 2.44 bits per heavy atom. The van der Waals surface area contributed by atoms with Crippen molar-refractivity contribution >= 4 is 31.9 Å². The molecule has 0 radical (unpaired) electrons. The maximum atomic E-state index is 3.71. The smallest absolute Gasteiger partial charge is 0.0354 e. The minimum Gasteiger partial charge on any atom is -0.0876 e.